The summed E-state index contributed by atoms with van der Waals surface area (Å²) < 4.78 is 0. The van der Waals surface area contributed by atoms with Crippen molar-refractivity contribution in [2.24, 2.45) is 0 Å². The molecule has 7 heteroatoms. The minimum atomic E-state index is -0.986. The molecule has 150 valence electrons. The Kier molecular flexibility index (Phi) is 6.34. The third kappa shape index (κ3) is 4.35. The topological polar surface area (TPSA) is 82.3 Å². The second kappa shape index (κ2) is 8.73. The molecule has 2 amide bonds. The Bertz CT molecular complexity index is 851. The van der Waals surface area contributed by atoms with Crippen LogP contribution in [0.25, 0.3) is 0 Å². The Morgan fingerprint density at radius 1 is 1.29 bits per heavy atom. The molecule has 1 atom stereocenters. The Morgan fingerprint density at radius 3 is 2.61 bits per heavy atom. The van der Waals surface area contributed by atoms with E-state index < -0.39 is 5.54 Å². The van der Waals surface area contributed by atoms with E-state index in [0.717, 1.165) is 30.6 Å². The molecular formula is C21H27N3O3S. The van der Waals surface area contributed by atoms with Gasteiger partial charge in [0, 0.05) is 23.2 Å². The molecule has 0 saturated heterocycles. The van der Waals surface area contributed by atoms with E-state index in [1.807, 2.05) is 31.4 Å². The lowest BCUT2D eigenvalue weighted by molar-refractivity contribution is -0.132. The fraction of sp³-hybridized carbons (Fsp3) is 0.476. The van der Waals surface area contributed by atoms with E-state index in [4.69, 9.17) is 0 Å². The molecule has 28 heavy (non-hydrogen) atoms. The van der Waals surface area contributed by atoms with Gasteiger partial charge in [-0.2, -0.15) is 0 Å². The summed E-state index contributed by atoms with van der Waals surface area (Å²) in [4.78, 5) is 43.2. The number of hydrogen-bond acceptors (Lipinski definition) is 4. The van der Waals surface area contributed by atoms with Crippen molar-refractivity contribution in [2.45, 2.75) is 64.1 Å². The fourth-order valence-electron chi connectivity index (χ4n) is 3.61. The van der Waals surface area contributed by atoms with Crippen LogP contribution >= 0.6 is 11.3 Å². The molecule has 1 aliphatic carbocycles. The van der Waals surface area contributed by atoms with E-state index in [1.165, 1.54) is 18.3 Å². The van der Waals surface area contributed by atoms with E-state index in [1.54, 1.807) is 16.2 Å². The number of aromatic nitrogens is 1. The molecule has 0 radical (unpaired) electrons. The van der Waals surface area contributed by atoms with Crippen molar-refractivity contribution in [1.29, 1.82) is 0 Å². The summed E-state index contributed by atoms with van der Waals surface area (Å²) >= 11 is 1.55. The Balaban J connectivity index is 1.92. The summed E-state index contributed by atoms with van der Waals surface area (Å²) in [6, 6.07) is 6.92. The van der Waals surface area contributed by atoms with Gasteiger partial charge in [0.25, 0.3) is 5.91 Å². The Hall–Kier alpha value is -2.41. The summed E-state index contributed by atoms with van der Waals surface area (Å²) in [5.41, 5.74) is -0.886. The van der Waals surface area contributed by atoms with E-state index in [2.05, 4.69) is 10.3 Å². The number of pyridine rings is 1. The minimum absolute atomic E-state index is 0.115. The second-order valence-corrected chi connectivity index (χ2v) is 8.53. The molecule has 6 nitrogen and oxygen atoms in total. The smallest absolute Gasteiger partial charge is 0.256 e. The van der Waals surface area contributed by atoms with Crippen LogP contribution in [0.1, 0.15) is 61.2 Å². The quantitative estimate of drug-likeness (QED) is 0.747. The predicted molar refractivity (Wildman–Crippen MR) is 110 cm³/mol. The Labute approximate surface area is 169 Å². The van der Waals surface area contributed by atoms with Crippen molar-refractivity contribution in [3.8, 4) is 0 Å². The van der Waals surface area contributed by atoms with Crippen LogP contribution in [0.15, 0.2) is 40.6 Å². The number of thiophene rings is 1. The number of nitrogens with one attached hydrogen (secondary N) is 2. The normalized spacial score (nSPS) is 16.5. The third-order valence-electron chi connectivity index (χ3n) is 5.63. The summed E-state index contributed by atoms with van der Waals surface area (Å²) in [7, 11) is 0. The van der Waals surface area contributed by atoms with Crippen LogP contribution < -0.4 is 10.9 Å². The zero-order valence-electron chi connectivity index (χ0n) is 16.4. The zero-order chi connectivity index (χ0) is 20.1. The lowest BCUT2D eigenvalue weighted by Crippen LogP contribution is -2.59. The number of carbonyl (C=O) groups is 2. The first-order valence-electron chi connectivity index (χ1n) is 9.78. The number of carbonyl (C=O) groups excluding carboxylic acids is 2. The molecule has 3 rings (SSSR count). The van der Waals surface area contributed by atoms with Gasteiger partial charge in [-0.3, -0.25) is 14.4 Å². The summed E-state index contributed by atoms with van der Waals surface area (Å²) in [6.07, 6.45) is 6.14. The van der Waals surface area contributed by atoms with Crippen molar-refractivity contribution >= 4 is 23.2 Å². The van der Waals surface area contributed by atoms with Gasteiger partial charge in [-0.25, -0.2) is 0 Å². The van der Waals surface area contributed by atoms with E-state index in [-0.39, 0.29) is 23.4 Å². The van der Waals surface area contributed by atoms with Crippen molar-refractivity contribution in [1.82, 2.24) is 15.2 Å². The highest BCUT2D eigenvalue weighted by molar-refractivity contribution is 7.09. The van der Waals surface area contributed by atoms with Crippen LogP contribution in [0.5, 0.6) is 0 Å². The van der Waals surface area contributed by atoms with Crippen molar-refractivity contribution < 1.29 is 9.59 Å². The average Bonchev–Trinajstić information content (AvgIpc) is 3.39. The average molecular weight is 402 g/mol. The van der Waals surface area contributed by atoms with Gasteiger partial charge >= 0.3 is 0 Å². The van der Waals surface area contributed by atoms with Gasteiger partial charge in [0.2, 0.25) is 11.5 Å². The third-order valence-corrected chi connectivity index (χ3v) is 6.50. The molecule has 0 aromatic carbocycles. The minimum Gasteiger partial charge on any atom is -0.351 e. The van der Waals surface area contributed by atoms with Crippen LogP contribution in [0.2, 0.25) is 0 Å². The largest absolute Gasteiger partial charge is 0.351 e. The number of rotatable bonds is 7. The van der Waals surface area contributed by atoms with Gasteiger partial charge in [-0.1, -0.05) is 25.8 Å². The zero-order valence-corrected chi connectivity index (χ0v) is 17.2. The molecule has 2 heterocycles. The van der Waals surface area contributed by atoms with E-state index >= 15 is 0 Å². The molecular weight excluding hydrogens is 374 g/mol. The van der Waals surface area contributed by atoms with Crippen molar-refractivity contribution in [3.05, 3.63) is 56.6 Å². The van der Waals surface area contributed by atoms with E-state index in [0.29, 0.717) is 18.5 Å². The monoisotopic (exact) mass is 401 g/mol. The molecule has 0 aliphatic heterocycles. The maximum atomic E-state index is 13.4. The van der Waals surface area contributed by atoms with Gasteiger partial charge in [0.15, 0.2) is 0 Å². The first-order valence-corrected chi connectivity index (χ1v) is 10.7. The molecule has 0 unspecified atom stereocenters. The summed E-state index contributed by atoms with van der Waals surface area (Å²) in [5.74, 6) is -0.383. The lowest BCUT2D eigenvalue weighted by Gasteiger charge is -2.40. The molecule has 1 saturated carbocycles. The van der Waals surface area contributed by atoms with E-state index in [9.17, 15) is 14.4 Å². The summed E-state index contributed by atoms with van der Waals surface area (Å²) in [6.45, 7) is 4.10. The summed E-state index contributed by atoms with van der Waals surface area (Å²) in [5, 5.41) is 5.12. The van der Waals surface area contributed by atoms with Crippen LogP contribution in [-0.2, 0) is 11.3 Å². The van der Waals surface area contributed by atoms with Gasteiger partial charge in [0.1, 0.15) is 5.54 Å². The number of amides is 2. The molecule has 0 spiro atoms. The highest BCUT2D eigenvalue weighted by Gasteiger charge is 2.42. The standard InChI is InChI=1S/C21H27N3O3S/c1-3-21(2,20(27)23-16-7-4-5-8-16)24(14-17-9-6-12-28-17)19(26)15-10-11-18(25)22-13-15/h6,9-13,16H,3-5,7-8,14H2,1-2H3,(H,22,25)(H,23,27)/t21-/m0/s1. The maximum absolute atomic E-state index is 13.4. The van der Waals surface area contributed by atoms with Gasteiger partial charge in [-0.15, -0.1) is 11.3 Å². The lowest BCUT2D eigenvalue weighted by atomic mass is 9.93. The molecule has 0 bridgehead atoms. The molecule has 2 N–H and O–H groups in total. The number of aromatic amines is 1. The number of nitrogens with zero attached hydrogens (tertiary/aromatic N) is 1. The van der Waals surface area contributed by atoms with Gasteiger partial charge in [0.05, 0.1) is 12.1 Å². The predicted octanol–water partition coefficient (Wildman–Crippen LogP) is 3.31. The van der Waals surface area contributed by atoms with Crippen molar-refractivity contribution in [3.63, 3.8) is 0 Å². The van der Waals surface area contributed by atoms with Crippen molar-refractivity contribution in [2.75, 3.05) is 0 Å². The Morgan fingerprint density at radius 2 is 2.04 bits per heavy atom. The number of hydrogen-bond donors (Lipinski definition) is 2. The second-order valence-electron chi connectivity index (χ2n) is 7.49. The van der Waals surface area contributed by atoms with Gasteiger partial charge < -0.3 is 15.2 Å². The van der Waals surface area contributed by atoms with Crippen LogP contribution in [-0.4, -0.2) is 33.3 Å². The highest BCUT2D eigenvalue weighted by atomic mass is 32.1. The van der Waals surface area contributed by atoms with Gasteiger partial charge in [-0.05, 0) is 43.7 Å². The molecule has 2 aromatic rings. The van der Waals surface area contributed by atoms with Crippen LogP contribution in [0.4, 0.5) is 0 Å². The SMILES string of the molecule is CC[C@@](C)(C(=O)NC1CCCC1)N(Cc1cccs1)C(=O)c1ccc(=O)[nH]c1. The number of H-pyrrole nitrogens is 1. The van der Waals surface area contributed by atoms with Crippen LogP contribution in [0.3, 0.4) is 0 Å². The first kappa shape index (κ1) is 20.3. The van der Waals surface area contributed by atoms with Crippen LogP contribution in [0, 0.1) is 0 Å². The molecule has 2 aromatic heterocycles. The first-order chi connectivity index (χ1) is 13.4. The molecule has 1 aliphatic rings. The highest BCUT2D eigenvalue weighted by Crippen LogP contribution is 2.28. The maximum Gasteiger partial charge on any atom is 0.256 e. The fourth-order valence-corrected chi connectivity index (χ4v) is 4.31. The molecule has 1 fully saturated rings.